The topological polar surface area (TPSA) is 58.8 Å². The number of thiocarbonyl (C=S) groups is 1. The van der Waals surface area contributed by atoms with Gasteiger partial charge in [0.2, 0.25) is 5.91 Å². The molecule has 0 aromatic carbocycles. The summed E-state index contributed by atoms with van der Waals surface area (Å²) in [6.45, 7) is 8.71. The van der Waals surface area contributed by atoms with E-state index in [4.69, 9.17) is 22.7 Å². The molecule has 2 saturated heterocycles. The zero-order valence-electron chi connectivity index (χ0n) is 11.7. The minimum absolute atomic E-state index is 0.0516. The van der Waals surface area contributed by atoms with Crippen LogP contribution in [0.4, 0.5) is 0 Å². The lowest BCUT2D eigenvalue weighted by Gasteiger charge is -2.33. The van der Waals surface area contributed by atoms with Gasteiger partial charge in [0.15, 0.2) is 0 Å². The highest BCUT2D eigenvalue weighted by Gasteiger charge is 2.39. The molecule has 0 bridgehead atoms. The van der Waals surface area contributed by atoms with Crippen LogP contribution >= 0.6 is 12.2 Å². The van der Waals surface area contributed by atoms with Crippen LogP contribution in [-0.4, -0.2) is 66.1 Å². The Morgan fingerprint density at radius 3 is 2.53 bits per heavy atom. The summed E-state index contributed by atoms with van der Waals surface area (Å²) < 4.78 is 5.36. The molecule has 108 valence electrons. The number of hydrogen-bond acceptors (Lipinski definition) is 4. The number of amides is 1. The van der Waals surface area contributed by atoms with Gasteiger partial charge in [-0.1, -0.05) is 12.2 Å². The first-order valence-electron chi connectivity index (χ1n) is 6.84. The van der Waals surface area contributed by atoms with Gasteiger partial charge in [-0.05, 0) is 20.3 Å². The SMILES string of the molecule is CC(C)(C(=O)N1CCC(N2CCOCC2)C1)C(N)=S. The zero-order valence-corrected chi connectivity index (χ0v) is 12.5. The molecule has 1 atom stereocenters. The Hall–Kier alpha value is -0.720. The summed E-state index contributed by atoms with van der Waals surface area (Å²) in [4.78, 5) is 17.0. The van der Waals surface area contributed by atoms with Crippen LogP contribution in [0.15, 0.2) is 0 Å². The average Bonchev–Trinajstić information content (AvgIpc) is 2.88. The van der Waals surface area contributed by atoms with Crippen LogP contribution in [0, 0.1) is 5.41 Å². The Balaban J connectivity index is 1.94. The highest BCUT2D eigenvalue weighted by Crippen LogP contribution is 2.24. The summed E-state index contributed by atoms with van der Waals surface area (Å²) in [7, 11) is 0. The first kappa shape index (κ1) is 14.7. The first-order chi connectivity index (χ1) is 8.93. The standard InChI is InChI=1S/C13H23N3O2S/c1-13(2,11(14)19)12(17)16-4-3-10(9-16)15-5-7-18-8-6-15/h10H,3-9H2,1-2H3,(H2,14,19). The Morgan fingerprint density at radius 2 is 1.95 bits per heavy atom. The molecule has 1 amide bonds. The quantitative estimate of drug-likeness (QED) is 0.752. The minimum atomic E-state index is -0.741. The minimum Gasteiger partial charge on any atom is -0.392 e. The van der Waals surface area contributed by atoms with E-state index in [1.807, 2.05) is 4.90 Å². The number of hydrogen-bond donors (Lipinski definition) is 1. The molecular weight excluding hydrogens is 262 g/mol. The van der Waals surface area contributed by atoms with Crippen molar-refractivity contribution in [2.24, 2.45) is 11.1 Å². The van der Waals surface area contributed by atoms with Crippen molar-refractivity contribution < 1.29 is 9.53 Å². The maximum atomic E-state index is 12.5. The average molecular weight is 285 g/mol. The van der Waals surface area contributed by atoms with E-state index in [1.165, 1.54) is 0 Å². The van der Waals surface area contributed by atoms with E-state index in [-0.39, 0.29) is 10.9 Å². The van der Waals surface area contributed by atoms with E-state index in [2.05, 4.69) is 4.90 Å². The summed E-state index contributed by atoms with van der Waals surface area (Å²) in [5.74, 6) is 0.0516. The molecular formula is C13H23N3O2S. The number of carbonyl (C=O) groups is 1. The molecule has 0 radical (unpaired) electrons. The third-order valence-corrected chi connectivity index (χ3v) is 4.67. The number of carbonyl (C=O) groups excluding carboxylic acids is 1. The molecule has 2 aliphatic heterocycles. The molecule has 0 aliphatic carbocycles. The van der Waals surface area contributed by atoms with Gasteiger partial charge < -0.3 is 15.4 Å². The number of morpholine rings is 1. The van der Waals surface area contributed by atoms with Crippen molar-refractivity contribution >= 4 is 23.1 Å². The molecule has 0 aromatic rings. The molecule has 0 aromatic heterocycles. The van der Waals surface area contributed by atoms with Gasteiger partial charge in [0, 0.05) is 32.2 Å². The fourth-order valence-electron chi connectivity index (χ4n) is 2.67. The predicted molar refractivity (Wildman–Crippen MR) is 77.9 cm³/mol. The molecule has 2 heterocycles. The lowest BCUT2D eigenvalue weighted by Crippen LogP contribution is -2.49. The van der Waals surface area contributed by atoms with Crippen molar-refractivity contribution in [3.8, 4) is 0 Å². The summed E-state index contributed by atoms with van der Waals surface area (Å²) >= 11 is 5.00. The third-order valence-electron chi connectivity index (χ3n) is 4.16. The summed E-state index contributed by atoms with van der Waals surface area (Å²) in [6, 6.07) is 0.454. The Morgan fingerprint density at radius 1 is 1.32 bits per heavy atom. The second kappa shape index (κ2) is 5.73. The lowest BCUT2D eigenvalue weighted by atomic mass is 9.92. The lowest BCUT2D eigenvalue weighted by molar-refractivity contribution is -0.136. The fourth-order valence-corrected chi connectivity index (χ4v) is 2.75. The summed E-state index contributed by atoms with van der Waals surface area (Å²) in [5.41, 5.74) is 4.93. The van der Waals surface area contributed by atoms with Crippen LogP contribution in [0.2, 0.25) is 0 Å². The maximum absolute atomic E-state index is 12.5. The molecule has 1 unspecified atom stereocenters. The second-order valence-corrected chi connectivity index (χ2v) is 6.27. The predicted octanol–water partition coefficient (Wildman–Crippen LogP) is 0.232. The van der Waals surface area contributed by atoms with Gasteiger partial charge >= 0.3 is 0 Å². The van der Waals surface area contributed by atoms with Gasteiger partial charge in [0.1, 0.15) is 0 Å². The van der Waals surface area contributed by atoms with E-state index in [0.717, 1.165) is 45.8 Å². The molecule has 2 N–H and O–H groups in total. The third kappa shape index (κ3) is 3.07. The molecule has 0 spiro atoms. The second-order valence-electron chi connectivity index (χ2n) is 5.83. The molecule has 5 nitrogen and oxygen atoms in total. The molecule has 2 fully saturated rings. The first-order valence-corrected chi connectivity index (χ1v) is 7.25. The maximum Gasteiger partial charge on any atom is 0.235 e. The monoisotopic (exact) mass is 285 g/mol. The largest absolute Gasteiger partial charge is 0.392 e. The van der Waals surface area contributed by atoms with Crippen LogP contribution in [0.25, 0.3) is 0 Å². The van der Waals surface area contributed by atoms with Gasteiger partial charge in [-0.2, -0.15) is 0 Å². The van der Waals surface area contributed by atoms with E-state index in [0.29, 0.717) is 6.04 Å². The van der Waals surface area contributed by atoms with Gasteiger partial charge in [0.25, 0.3) is 0 Å². The van der Waals surface area contributed by atoms with Gasteiger partial charge in [-0.15, -0.1) is 0 Å². The van der Waals surface area contributed by atoms with Gasteiger partial charge in [0.05, 0.1) is 23.6 Å². The molecule has 0 saturated carbocycles. The van der Waals surface area contributed by atoms with Crippen molar-refractivity contribution in [3.63, 3.8) is 0 Å². The number of rotatable bonds is 3. The summed E-state index contributed by atoms with van der Waals surface area (Å²) in [6.07, 6.45) is 1.03. The Labute approximate surface area is 120 Å². The van der Waals surface area contributed by atoms with Crippen LogP contribution < -0.4 is 5.73 Å². The smallest absolute Gasteiger partial charge is 0.235 e. The molecule has 2 rings (SSSR count). The van der Waals surface area contributed by atoms with Crippen LogP contribution in [-0.2, 0) is 9.53 Å². The number of ether oxygens (including phenoxy) is 1. The van der Waals surface area contributed by atoms with Crippen LogP contribution in [0.5, 0.6) is 0 Å². The number of likely N-dealkylation sites (tertiary alicyclic amines) is 1. The highest BCUT2D eigenvalue weighted by atomic mass is 32.1. The highest BCUT2D eigenvalue weighted by molar-refractivity contribution is 7.80. The fraction of sp³-hybridized carbons (Fsp3) is 0.846. The number of nitrogens with zero attached hydrogens (tertiary/aromatic N) is 2. The number of nitrogens with two attached hydrogens (primary N) is 1. The Kier molecular flexibility index (Phi) is 4.43. The van der Waals surface area contributed by atoms with Crippen molar-refractivity contribution in [2.75, 3.05) is 39.4 Å². The van der Waals surface area contributed by atoms with Crippen molar-refractivity contribution in [1.29, 1.82) is 0 Å². The van der Waals surface area contributed by atoms with Gasteiger partial charge in [-0.25, -0.2) is 0 Å². The Bertz CT molecular complexity index is 367. The van der Waals surface area contributed by atoms with E-state index < -0.39 is 5.41 Å². The van der Waals surface area contributed by atoms with Crippen molar-refractivity contribution in [1.82, 2.24) is 9.80 Å². The van der Waals surface area contributed by atoms with Crippen molar-refractivity contribution in [3.05, 3.63) is 0 Å². The normalized spacial score (nSPS) is 25.6. The molecule has 19 heavy (non-hydrogen) atoms. The van der Waals surface area contributed by atoms with E-state index >= 15 is 0 Å². The van der Waals surface area contributed by atoms with Gasteiger partial charge in [-0.3, -0.25) is 9.69 Å². The summed E-state index contributed by atoms with van der Waals surface area (Å²) in [5, 5.41) is 0. The molecule has 6 heteroatoms. The zero-order chi connectivity index (χ0) is 14.0. The van der Waals surface area contributed by atoms with E-state index in [9.17, 15) is 4.79 Å². The van der Waals surface area contributed by atoms with E-state index in [1.54, 1.807) is 13.8 Å². The molecule has 2 aliphatic rings. The van der Waals surface area contributed by atoms with Crippen LogP contribution in [0.1, 0.15) is 20.3 Å². The van der Waals surface area contributed by atoms with Crippen LogP contribution in [0.3, 0.4) is 0 Å². The van der Waals surface area contributed by atoms with Crippen molar-refractivity contribution in [2.45, 2.75) is 26.3 Å².